The van der Waals surface area contributed by atoms with Gasteiger partial charge in [-0.1, -0.05) is 30.3 Å². The molecule has 1 heterocycles. The number of hydrogen-bond acceptors (Lipinski definition) is 5. The predicted molar refractivity (Wildman–Crippen MR) is 83.1 cm³/mol. The van der Waals surface area contributed by atoms with Gasteiger partial charge in [-0.15, -0.1) is 0 Å². The average Bonchev–Trinajstić information content (AvgIpc) is 3.34. The Bertz CT molecular complexity index is 642. The van der Waals surface area contributed by atoms with Crippen LogP contribution < -0.4 is 4.74 Å². The minimum Gasteiger partial charge on any atom is -0.462 e. The van der Waals surface area contributed by atoms with Crippen LogP contribution >= 0.6 is 15.9 Å². The summed E-state index contributed by atoms with van der Waals surface area (Å²) in [7, 11) is 0. The van der Waals surface area contributed by atoms with Crippen LogP contribution in [0.4, 0.5) is 0 Å². The molecule has 0 saturated heterocycles. The Kier molecular flexibility index (Phi) is 4.38. The molecule has 2 aromatic rings. The van der Waals surface area contributed by atoms with Crippen LogP contribution in [0.1, 0.15) is 18.4 Å². The maximum atomic E-state index is 12.2. The molecule has 1 aliphatic rings. The lowest BCUT2D eigenvalue weighted by Gasteiger charge is -2.14. The van der Waals surface area contributed by atoms with Gasteiger partial charge in [0.05, 0.1) is 4.47 Å². The van der Waals surface area contributed by atoms with Gasteiger partial charge >= 0.3 is 12.0 Å². The van der Waals surface area contributed by atoms with Crippen LogP contribution in [0.15, 0.2) is 47.2 Å². The van der Waals surface area contributed by atoms with Crippen molar-refractivity contribution in [3.63, 3.8) is 0 Å². The fourth-order valence-corrected chi connectivity index (χ4v) is 2.22. The molecule has 0 amide bonds. The van der Waals surface area contributed by atoms with Crippen LogP contribution in [0, 0.1) is 5.41 Å². The molecule has 0 spiro atoms. The second-order valence-electron chi connectivity index (χ2n) is 5.31. The number of rotatable bonds is 6. The molecular weight excluding hydrogens is 348 g/mol. The lowest BCUT2D eigenvalue weighted by atomic mass is 10.1. The third kappa shape index (κ3) is 3.62. The number of hydrogen-bond donors (Lipinski definition) is 0. The van der Waals surface area contributed by atoms with Gasteiger partial charge in [0.2, 0.25) is 0 Å². The van der Waals surface area contributed by atoms with Gasteiger partial charge in [0, 0.05) is 12.4 Å². The minimum atomic E-state index is -0.536. The maximum absolute atomic E-state index is 12.2. The van der Waals surface area contributed by atoms with Crippen LogP contribution in [0.3, 0.4) is 0 Å². The van der Waals surface area contributed by atoms with E-state index in [1.807, 2.05) is 30.3 Å². The van der Waals surface area contributed by atoms with E-state index in [1.54, 1.807) is 12.4 Å². The Balaban J connectivity index is 1.52. The molecule has 0 unspecified atom stereocenters. The van der Waals surface area contributed by atoms with Crippen LogP contribution in [0.2, 0.25) is 0 Å². The number of esters is 1. The van der Waals surface area contributed by atoms with E-state index in [4.69, 9.17) is 9.47 Å². The summed E-state index contributed by atoms with van der Waals surface area (Å²) in [4.78, 5) is 20.3. The summed E-state index contributed by atoms with van der Waals surface area (Å²) >= 11 is 3.26. The number of carbonyl (C=O) groups is 1. The van der Waals surface area contributed by atoms with Crippen LogP contribution in [-0.4, -0.2) is 22.5 Å². The van der Waals surface area contributed by atoms with E-state index >= 15 is 0 Å². The highest BCUT2D eigenvalue weighted by Gasteiger charge is 2.52. The minimum absolute atomic E-state index is 0.214. The highest BCUT2D eigenvalue weighted by atomic mass is 79.9. The molecule has 5 nitrogen and oxygen atoms in total. The number of nitrogens with zero attached hydrogens (tertiary/aromatic N) is 2. The molecule has 0 N–H and O–H groups in total. The molecule has 114 valence electrons. The first-order valence-electron chi connectivity index (χ1n) is 6.99. The van der Waals surface area contributed by atoms with Gasteiger partial charge in [0.25, 0.3) is 0 Å². The molecule has 0 bridgehead atoms. The molecule has 3 rings (SSSR count). The third-order valence-electron chi connectivity index (χ3n) is 3.57. The second kappa shape index (κ2) is 6.44. The Morgan fingerprint density at radius 1 is 1.18 bits per heavy atom. The smallest absolute Gasteiger partial charge is 0.316 e. The molecule has 1 fully saturated rings. The Morgan fingerprint density at radius 3 is 2.50 bits per heavy atom. The molecule has 0 aliphatic heterocycles. The molecule has 1 saturated carbocycles. The van der Waals surface area contributed by atoms with E-state index in [2.05, 4.69) is 25.9 Å². The van der Waals surface area contributed by atoms with Gasteiger partial charge in [0.1, 0.15) is 18.6 Å². The molecule has 0 atom stereocenters. The maximum Gasteiger partial charge on any atom is 0.316 e. The second-order valence-corrected chi connectivity index (χ2v) is 6.23. The van der Waals surface area contributed by atoms with E-state index < -0.39 is 5.41 Å². The monoisotopic (exact) mass is 362 g/mol. The van der Waals surface area contributed by atoms with Crippen molar-refractivity contribution in [1.82, 2.24) is 9.97 Å². The summed E-state index contributed by atoms with van der Waals surface area (Å²) in [6, 6.07) is 9.90. The molecule has 22 heavy (non-hydrogen) atoms. The fraction of sp³-hybridized carbons (Fsp3) is 0.312. The van der Waals surface area contributed by atoms with Gasteiger partial charge in [0.15, 0.2) is 0 Å². The standard InChI is InChI=1S/C16H15BrN2O3/c17-13-8-18-15(19-9-13)22-11-16(6-7-16)14(20)21-10-12-4-2-1-3-5-12/h1-5,8-9H,6-7,10-11H2. The van der Waals surface area contributed by atoms with Crippen molar-refractivity contribution in [2.24, 2.45) is 5.41 Å². The number of ether oxygens (including phenoxy) is 2. The summed E-state index contributed by atoms with van der Waals surface area (Å²) in [5.74, 6) is -0.214. The van der Waals surface area contributed by atoms with Gasteiger partial charge in [-0.3, -0.25) is 4.79 Å². The van der Waals surface area contributed by atoms with Crippen molar-refractivity contribution in [1.29, 1.82) is 0 Å². The Morgan fingerprint density at radius 2 is 1.86 bits per heavy atom. The predicted octanol–water partition coefficient (Wildman–Crippen LogP) is 3.14. The lowest BCUT2D eigenvalue weighted by molar-refractivity contribution is -0.152. The Labute approximate surface area is 136 Å². The fourth-order valence-electron chi connectivity index (χ4n) is 2.01. The van der Waals surface area contributed by atoms with Crippen LogP contribution in [-0.2, 0) is 16.1 Å². The largest absolute Gasteiger partial charge is 0.462 e. The molecule has 0 radical (unpaired) electrons. The first kappa shape index (κ1) is 15.0. The summed E-state index contributed by atoms with van der Waals surface area (Å²) in [6.07, 6.45) is 4.76. The zero-order valence-electron chi connectivity index (χ0n) is 11.9. The van der Waals surface area contributed by atoms with Crippen molar-refractivity contribution in [2.75, 3.05) is 6.61 Å². The number of benzene rings is 1. The van der Waals surface area contributed by atoms with E-state index in [-0.39, 0.29) is 25.2 Å². The van der Waals surface area contributed by atoms with E-state index in [0.717, 1.165) is 22.9 Å². The highest BCUT2D eigenvalue weighted by Crippen LogP contribution is 2.47. The zero-order valence-corrected chi connectivity index (χ0v) is 13.5. The van der Waals surface area contributed by atoms with Gasteiger partial charge in [-0.25, -0.2) is 9.97 Å². The van der Waals surface area contributed by atoms with Crippen molar-refractivity contribution >= 4 is 21.9 Å². The van der Waals surface area contributed by atoms with Gasteiger partial charge in [-0.05, 0) is 34.3 Å². The number of carbonyl (C=O) groups excluding carboxylic acids is 1. The van der Waals surface area contributed by atoms with Gasteiger partial charge < -0.3 is 9.47 Å². The van der Waals surface area contributed by atoms with Crippen molar-refractivity contribution in [3.05, 3.63) is 52.8 Å². The normalized spacial score (nSPS) is 15.1. The Hall–Kier alpha value is -1.95. The lowest BCUT2D eigenvalue weighted by Crippen LogP contribution is -2.26. The van der Waals surface area contributed by atoms with Gasteiger partial charge in [-0.2, -0.15) is 0 Å². The van der Waals surface area contributed by atoms with Crippen molar-refractivity contribution in [2.45, 2.75) is 19.4 Å². The molecule has 1 aromatic carbocycles. The topological polar surface area (TPSA) is 61.3 Å². The molecular formula is C16H15BrN2O3. The quantitative estimate of drug-likeness (QED) is 0.738. The first-order valence-corrected chi connectivity index (χ1v) is 7.79. The summed E-state index contributed by atoms with van der Waals surface area (Å²) in [6.45, 7) is 0.540. The van der Waals surface area contributed by atoms with Crippen molar-refractivity contribution < 1.29 is 14.3 Å². The summed E-state index contributed by atoms with van der Waals surface area (Å²) < 4.78 is 11.7. The van der Waals surface area contributed by atoms with Crippen LogP contribution in [0.25, 0.3) is 0 Å². The third-order valence-corrected chi connectivity index (χ3v) is 3.98. The van der Waals surface area contributed by atoms with E-state index in [1.165, 1.54) is 0 Å². The SMILES string of the molecule is O=C(OCc1ccccc1)C1(COc2ncc(Br)cn2)CC1. The van der Waals surface area contributed by atoms with Crippen LogP contribution in [0.5, 0.6) is 6.01 Å². The van der Waals surface area contributed by atoms with Crippen molar-refractivity contribution in [3.8, 4) is 6.01 Å². The summed E-state index contributed by atoms with van der Waals surface area (Å²) in [5.41, 5.74) is 0.439. The first-order chi connectivity index (χ1) is 10.7. The average molecular weight is 363 g/mol. The molecule has 6 heteroatoms. The van der Waals surface area contributed by atoms with E-state index in [9.17, 15) is 4.79 Å². The van der Waals surface area contributed by atoms with E-state index in [0.29, 0.717) is 0 Å². The highest BCUT2D eigenvalue weighted by molar-refractivity contribution is 9.10. The number of aromatic nitrogens is 2. The zero-order chi connectivity index (χ0) is 15.4. The summed E-state index contributed by atoms with van der Waals surface area (Å²) in [5, 5.41) is 0. The molecule has 1 aliphatic carbocycles. The molecule has 1 aromatic heterocycles. The number of halogens is 1.